The van der Waals surface area contributed by atoms with E-state index in [0.717, 1.165) is 32.4 Å². The van der Waals surface area contributed by atoms with Crippen molar-refractivity contribution in [1.82, 2.24) is 24.2 Å². The second-order valence-corrected chi connectivity index (χ2v) is 8.40. The molecule has 1 fully saturated rings. The van der Waals surface area contributed by atoms with E-state index in [4.69, 9.17) is 0 Å². The van der Waals surface area contributed by atoms with Crippen molar-refractivity contribution in [2.45, 2.75) is 30.7 Å². The Morgan fingerprint density at radius 3 is 2.54 bits per heavy atom. The van der Waals surface area contributed by atoms with Gasteiger partial charge in [-0.1, -0.05) is 23.4 Å². The molecule has 0 spiro atoms. The molecule has 8 nitrogen and oxygen atoms in total. The van der Waals surface area contributed by atoms with Crippen LogP contribution in [0.1, 0.15) is 29.8 Å². The number of likely N-dealkylation sites (N-methyl/N-ethyl adjacent to an activating group) is 1. The predicted molar refractivity (Wildman–Crippen MR) is 96.0 cm³/mol. The normalized spacial score (nSPS) is 15.4. The van der Waals surface area contributed by atoms with Crippen molar-refractivity contribution < 1.29 is 13.2 Å². The minimum atomic E-state index is -3.54. The van der Waals surface area contributed by atoms with Crippen molar-refractivity contribution >= 4 is 15.9 Å². The molecule has 2 aromatic rings. The molecule has 0 saturated carbocycles. The maximum Gasteiger partial charge on any atom is 0.276 e. The minimum Gasteiger partial charge on any atom is -0.337 e. The van der Waals surface area contributed by atoms with Gasteiger partial charge in [0.1, 0.15) is 0 Å². The summed E-state index contributed by atoms with van der Waals surface area (Å²) in [5.41, 5.74) is 0.306. The zero-order chi connectivity index (χ0) is 18.6. The zero-order valence-electron chi connectivity index (χ0n) is 14.8. The lowest BCUT2D eigenvalue weighted by Gasteiger charge is -2.25. The van der Waals surface area contributed by atoms with Gasteiger partial charge in [0.2, 0.25) is 10.0 Å². The molecule has 1 aromatic carbocycles. The molecule has 0 atom stereocenters. The topological polar surface area (TPSA) is 88.4 Å². The highest BCUT2D eigenvalue weighted by Crippen LogP contribution is 2.14. The second-order valence-electron chi connectivity index (χ2n) is 6.36. The molecular formula is C17H23N5O3S. The molecule has 1 aliphatic heterocycles. The van der Waals surface area contributed by atoms with Gasteiger partial charge in [-0.15, -0.1) is 5.10 Å². The molecule has 1 amide bonds. The number of nitrogens with zero attached hydrogens (tertiary/aromatic N) is 5. The summed E-state index contributed by atoms with van der Waals surface area (Å²) in [6, 6.07) is 8.29. The van der Waals surface area contributed by atoms with E-state index in [-0.39, 0.29) is 17.3 Å². The van der Waals surface area contributed by atoms with Crippen LogP contribution in [0.25, 0.3) is 0 Å². The van der Waals surface area contributed by atoms with Crippen molar-refractivity contribution in [2.24, 2.45) is 0 Å². The van der Waals surface area contributed by atoms with Gasteiger partial charge in [-0.05, 0) is 31.4 Å². The number of carbonyl (C=O) groups excluding carboxylic acids is 1. The molecule has 1 aromatic heterocycles. The van der Waals surface area contributed by atoms with Gasteiger partial charge >= 0.3 is 0 Å². The summed E-state index contributed by atoms with van der Waals surface area (Å²) >= 11 is 0. The van der Waals surface area contributed by atoms with Gasteiger partial charge in [-0.2, -0.15) is 4.31 Å². The number of hydrogen-bond donors (Lipinski definition) is 0. The van der Waals surface area contributed by atoms with E-state index in [0.29, 0.717) is 12.2 Å². The van der Waals surface area contributed by atoms with Crippen LogP contribution < -0.4 is 0 Å². The first-order chi connectivity index (χ1) is 12.5. The van der Waals surface area contributed by atoms with Crippen LogP contribution in [0, 0.1) is 0 Å². The average molecular weight is 377 g/mol. The molecule has 0 N–H and O–H groups in total. The molecule has 0 radical (unpaired) electrons. The Morgan fingerprint density at radius 1 is 1.15 bits per heavy atom. The summed E-state index contributed by atoms with van der Waals surface area (Å²) in [4.78, 5) is 14.4. The van der Waals surface area contributed by atoms with Crippen LogP contribution in [-0.4, -0.2) is 65.2 Å². The van der Waals surface area contributed by atoms with Crippen LogP contribution >= 0.6 is 0 Å². The number of hydrogen-bond acceptors (Lipinski definition) is 5. The number of aromatic nitrogens is 3. The summed E-state index contributed by atoms with van der Waals surface area (Å²) in [7, 11) is -2.01. The van der Waals surface area contributed by atoms with Crippen molar-refractivity contribution in [3.05, 3.63) is 42.2 Å². The fraction of sp³-hybridized carbons (Fsp3) is 0.471. The molecule has 0 bridgehead atoms. The SMILES string of the molecule is CN(CCn1cc(C(=O)N2CCCCC2)nn1)S(=O)(=O)c1ccccc1. The number of piperidine rings is 1. The summed E-state index contributed by atoms with van der Waals surface area (Å²) in [5.74, 6) is -0.110. The van der Waals surface area contributed by atoms with Crippen molar-refractivity contribution in [1.29, 1.82) is 0 Å². The molecule has 1 aliphatic rings. The Hall–Kier alpha value is -2.26. The lowest BCUT2D eigenvalue weighted by molar-refractivity contribution is 0.0718. The van der Waals surface area contributed by atoms with E-state index < -0.39 is 10.0 Å². The highest BCUT2D eigenvalue weighted by atomic mass is 32.2. The van der Waals surface area contributed by atoms with Crippen LogP contribution in [0.3, 0.4) is 0 Å². The first kappa shape index (κ1) is 18.5. The zero-order valence-corrected chi connectivity index (χ0v) is 15.6. The monoisotopic (exact) mass is 377 g/mol. The molecule has 9 heteroatoms. The van der Waals surface area contributed by atoms with Crippen molar-refractivity contribution in [3.63, 3.8) is 0 Å². The summed E-state index contributed by atoms with van der Waals surface area (Å²) in [5, 5.41) is 7.90. The van der Waals surface area contributed by atoms with Crippen molar-refractivity contribution in [3.8, 4) is 0 Å². The summed E-state index contributed by atoms with van der Waals surface area (Å²) in [6.07, 6.45) is 4.77. The van der Waals surface area contributed by atoms with Crippen LogP contribution in [0.15, 0.2) is 41.4 Å². The fourth-order valence-corrected chi connectivity index (χ4v) is 4.08. The molecule has 0 unspecified atom stereocenters. The van der Waals surface area contributed by atoms with Gasteiger partial charge in [0.25, 0.3) is 5.91 Å². The summed E-state index contributed by atoms with van der Waals surface area (Å²) < 4.78 is 27.8. The van der Waals surface area contributed by atoms with Gasteiger partial charge in [-0.25, -0.2) is 8.42 Å². The number of amides is 1. The lowest BCUT2D eigenvalue weighted by atomic mass is 10.1. The molecule has 3 rings (SSSR count). The summed E-state index contributed by atoms with van der Waals surface area (Å²) in [6.45, 7) is 2.06. The molecule has 2 heterocycles. The van der Waals surface area contributed by atoms with E-state index in [1.165, 1.54) is 16.0 Å². The predicted octanol–water partition coefficient (Wildman–Crippen LogP) is 1.22. The average Bonchev–Trinajstić information content (AvgIpc) is 3.16. The van der Waals surface area contributed by atoms with Gasteiger partial charge in [0.05, 0.1) is 17.6 Å². The molecule has 26 heavy (non-hydrogen) atoms. The van der Waals surface area contributed by atoms with E-state index >= 15 is 0 Å². The number of benzene rings is 1. The van der Waals surface area contributed by atoms with Crippen LogP contribution in [0.4, 0.5) is 0 Å². The smallest absolute Gasteiger partial charge is 0.276 e. The number of likely N-dealkylation sites (tertiary alicyclic amines) is 1. The number of rotatable bonds is 6. The Morgan fingerprint density at radius 2 is 1.85 bits per heavy atom. The van der Waals surface area contributed by atoms with E-state index in [9.17, 15) is 13.2 Å². The number of carbonyl (C=O) groups is 1. The van der Waals surface area contributed by atoms with Gasteiger partial charge in [0, 0.05) is 26.7 Å². The molecular weight excluding hydrogens is 354 g/mol. The molecule has 0 aliphatic carbocycles. The standard InChI is InChI=1S/C17H23N5O3S/c1-20(26(24,25)15-8-4-2-5-9-15)12-13-22-14-16(18-19-22)17(23)21-10-6-3-7-11-21/h2,4-5,8-9,14H,3,6-7,10-13H2,1H3. The highest BCUT2D eigenvalue weighted by molar-refractivity contribution is 7.89. The Bertz CT molecular complexity index is 844. The molecule has 1 saturated heterocycles. The van der Waals surface area contributed by atoms with Crippen molar-refractivity contribution in [2.75, 3.05) is 26.7 Å². The maximum absolute atomic E-state index is 12.5. The molecule has 140 valence electrons. The fourth-order valence-electron chi connectivity index (χ4n) is 2.90. The Labute approximate surface area is 153 Å². The quantitative estimate of drug-likeness (QED) is 0.755. The highest BCUT2D eigenvalue weighted by Gasteiger charge is 2.22. The lowest BCUT2D eigenvalue weighted by Crippen LogP contribution is -2.35. The van der Waals surface area contributed by atoms with Crippen LogP contribution in [0.2, 0.25) is 0 Å². The van der Waals surface area contributed by atoms with Crippen LogP contribution in [0.5, 0.6) is 0 Å². The number of sulfonamides is 1. The van der Waals surface area contributed by atoms with E-state index in [1.54, 1.807) is 41.4 Å². The Kier molecular flexibility index (Phi) is 5.67. The minimum absolute atomic E-state index is 0.110. The second kappa shape index (κ2) is 7.96. The first-order valence-electron chi connectivity index (χ1n) is 8.69. The largest absolute Gasteiger partial charge is 0.337 e. The van der Waals surface area contributed by atoms with Gasteiger partial charge in [0.15, 0.2) is 5.69 Å². The van der Waals surface area contributed by atoms with E-state index in [1.807, 2.05) is 0 Å². The third kappa shape index (κ3) is 4.10. The third-order valence-electron chi connectivity index (χ3n) is 4.50. The van der Waals surface area contributed by atoms with Crippen LogP contribution in [-0.2, 0) is 16.6 Å². The van der Waals surface area contributed by atoms with Gasteiger partial charge in [-0.3, -0.25) is 9.48 Å². The Balaban J connectivity index is 1.60. The van der Waals surface area contributed by atoms with E-state index in [2.05, 4.69) is 10.3 Å². The first-order valence-corrected chi connectivity index (χ1v) is 10.1. The van der Waals surface area contributed by atoms with Gasteiger partial charge < -0.3 is 4.90 Å². The third-order valence-corrected chi connectivity index (χ3v) is 6.37. The maximum atomic E-state index is 12.5.